The van der Waals surface area contributed by atoms with Crippen molar-refractivity contribution in [2.24, 2.45) is 12.8 Å². The number of fused-ring (bicyclic) bond motifs is 2. The van der Waals surface area contributed by atoms with Gasteiger partial charge in [-0.05, 0) is 60.5 Å². The van der Waals surface area contributed by atoms with Gasteiger partial charge in [-0.25, -0.2) is 9.78 Å². The number of hydrogen-bond donors (Lipinski definition) is 2. The maximum atomic E-state index is 12.5. The second kappa shape index (κ2) is 10.1. The number of imidazole rings is 1. The lowest BCUT2D eigenvalue weighted by molar-refractivity contribution is 0.0448. The van der Waals surface area contributed by atoms with E-state index in [0.717, 1.165) is 41.1 Å². The van der Waals surface area contributed by atoms with Gasteiger partial charge in [0.2, 0.25) is 0 Å². The van der Waals surface area contributed by atoms with E-state index in [9.17, 15) is 4.79 Å². The molecule has 3 atom stereocenters. The van der Waals surface area contributed by atoms with Gasteiger partial charge in [0, 0.05) is 38.2 Å². The highest BCUT2D eigenvalue weighted by molar-refractivity contribution is 6.30. The van der Waals surface area contributed by atoms with Gasteiger partial charge in [0.15, 0.2) is 0 Å². The topological polar surface area (TPSA) is 88.7 Å². The number of benzene rings is 1. The summed E-state index contributed by atoms with van der Waals surface area (Å²) in [5.74, 6) is 0. The van der Waals surface area contributed by atoms with E-state index in [1.807, 2.05) is 56.1 Å². The number of amides is 1. The Morgan fingerprint density at radius 3 is 2.72 bits per heavy atom. The highest BCUT2D eigenvalue weighted by atomic mass is 35.5. The third-order valence-electron chi connectivity index (χ3n) is 7.11. The van der Waals surface area contributed by atoms with Crippen LogP contribution in [0.1, 0.15) is 42.8 Å². The number of carbonyl (C=O) groups is 1. The summed E-state index contributed by atoms with van der Waals surface area (Å²) in [5, 5.41) is 4.27. The molecule has 190 valence electrons. The van der Waals surface area contributed by atoms with Gasteiger partial charge in [-0.3, -0.25) is 4.90 Å². The fraction of sp³-hybridized carbons (Fsp3) is 0.407. The molecule has 3 heterocycles. The van der Waals surface area contributed by atoms with Crippen molar-refractivity contribution in [2.45, 2.75) is 38.1 Å². The molecule has 0 saturated carbocycles. The number of hydrogen-bond acceptors (Lipinski definition) is 6. The number of dihydropyridines is 1. The van der Waals surface area contributed by atoms with E-state index in [1.165, 1.54) is 0 Å². The Morgan fingerprint density at radius 2 is 2.03 bits per heavy atom. The second-order valence-electron chi connectivity index (χ2n) is 9.81. The first-order chi connectivity index (χ1) is 17.3. The van der Waals surface area contributed by atoms with Crippen LogP contribution in [0.3, 0.4) is 0 Å². The molecule has 1 fully saturated rings. The molecule has 1 unspecified atom stereocenters. The van der Waals surface area contributed by atoms with Gasteiger partial charge < -0.3 is 25.3 Å². The predicted octanol–water partition coefficient (Wildman–Crippen LogP) is 3.79. The zero-order valence-electron chi connectivity index (χ0n) is 20.9. The van der Waals surface area contributed by atoms with Crippen molar-refractivity contribution in [2.75, 3.05) is 26.2 Å². The molecule has 1 aromatic carbocycles. The smallest absolute Gasteiger partial charge is 0.410 e. The zero-order valence-corrected chi connectivity index (χ0v) is 21.7. The Labute approximate surface area is 217 Å². The van der Waals surface area contributed by atoms with Gasteiger partial charge >= 0.3 is 6.09 Å². The normalized spacial score (nSPS) is 22.7. The van der Waals surface area contributed by atoms with Crippen LogP contribution < -0.4 is 11.1 Å². The SMILES string of the molecule is CC(C)OC(=O)N1CCN([C@H]2c3ccc(Cl)cc3C([C@@H](N)c3cncn3C)=CC3=CC=CNC32)CC1. The van der Waals surface area contributed by atoms with E-state index in [2.05, 4.69) is 33.4 Å². The van der Waals surface area contributed by atoms with Crippen molar-refractivity contribution in [1.29, 1.82) is 0 Å². The molecule has 36 heavy (non-hydrogen) atoms. The molecule has 1 amide bonds. The minimum absolute atomic E-state index is 0.0281. The Kier molecular flexibility index (Phi) is 6.92. The summed E-state index contributed by atoms with van der Waals surface area (Å²) < 4.78 is 7.38. The summed E-state index contributed by atoms with van der Waals surface area (Å²) in [5.41, 5.74) is 12.2. The van der Waals surface area contributed by atoms with Crippen LogP contribution in [0.15, 0.2) is 60.7 Å². The molecule has 0 bridgehead atoms. The molecule has 2 aliphatic heterocycles. The maximum Gasteiger partial charge on any atom is 0.410 e. The van der Waals surface area contributed by atoms with E-state index < -0.39 is 0 Å². The van der Waals surface area contributed by atoms with Crippen LogP contribution >= 0.6 is 11.6 Å². The number of halogens is 1. The summed E-state index contributed by atoms with van der Waals surface area (Å²) in [6.07, 6.45) is 11.6. The lowest BCUT2D eigenvalue weighted by Gasteiger charge is -2.43. The molecule has 5 rings (SSSR count). The van der Waals surface area contributed by atoms with Crippen molar-refractivity contribution >= 4 is 23.3 Å². The number of nitrogens with one attached hydrogen (secondary N) is 1. The van der Waals surface area contributed by atoms with Crippen molar-refractivity contribution in [1.82, 2.24) is 24.7 Å². The molecule has 8 nitrogen and oxygen atoms in total. The quantitative estimate of drug-likeness (QED) is 0.653. The number of carbonyl (C=O) groups excluding carboxylic acids is 1. The highest BCUT2D eigenvalue weighted by Crippen LogP contribution is 2.43. The lowest BCUT2D eigenvalue weighted by Crippen LogP contribution is -2.53. The van der Waals surface area contributed by atoms with Crippen molar-refractivity contribution in [3.63, 3.8) is 0 Å². The summed E-state index contributed by atoms with van der Waals surface area (Å²) in [7, 11) is 1.96. The first-order valence-electron chi connectivity index (χ1n) is 12.4. The Bertz CT molecular complexity index is 1220. The third kappa shape index (κ3) is 4.68. The molecule has 2 aromatic rings. The molecule has 1 aromatic heterocycles. The number of allylic oxidation sites excluding steroid dienone is 2. The number of nitrogens with zero attached hydrogens (tertiary/aromatic N) is 4. The van der Waals surface area contributed by atoms with Gasteiger partial charge in [-0.15, -0.1) is 0 Å². The second-order valence-corrected chi connectivity index (χ2v) is 10.2. The molecule has 1 aliphatic carbocycles. The molecule has 3 aliphatic rings. The number of rotatable bonds is 4. The van der Waals surface area contributed by atoms with Gasteiger partial charge in [0.25, 0.3) is 0 Å². The Balaban J connectivity index is 1.53. The summed E-state index contributed by atoms with van der Waals surface area (Å²) in [4.78, 5) is 21.0. The molecular weight excluding hydrogens is 476 g/mol. The molecule has 1 saturated heterocycles. The van der Waals surface area contributed by atoms with E-state index in [-0.39, 0.29) is 30.3 Å². The van der Waals surface area contributed by atoms with Crippen LogP contribution in [0, 0.1) is 0 Å². The highest BCUT2D eigenvalue weighted by Gasteiger charge is 2.38. The Morgan fingerprint density at radius 1 is 1.25 bits per heavy atom. The fourth-order valence-electron chi connectivity index (χ4n) is 5.35. The van der Waals surface area contributed by atoms with Crippen LogP contribution in [0.25, 0.3) is 5.57 Å². The molecular formula is C27H33ClN6O2. The molecule has 0 spiro atoms. The van der Waals surface area contributed by atoms with Crippen molar-refractivity contribution in [3.8, 4) is 0 Å². The van der Waals surface area contributed by atoms with Gasteiger partial charge in [0.1, 0.15) is 0 Å². The van der Waals surface area contributed by atoms with Crippen LogP contribution in [-0.2, 0) is 11.8 Å². The third-order valence-corrected chi connectivity index (χ3v) is 7.35. The first-order valence-corrected chi connectivity index (χ1v) is 12.8. The summed E-state index contributed by atoms with van der Waals surface area (Å²) >= 11 is 6.54. The average molecular weight is 509 g/mol. The lowest BCUT2D eigenvalue weighted by atomic mass is 9.89. The van der Waals surface area contributed by atoms with E-state index in [1.54, 1.807) is 11.2 Å². The molecule has 3 N–H and O–H groups in total. The maximum absolute atomic E-state index is 12.5. The van der Waals surface area contributed by atoms with Crippen molar-refractivity contribution < 1.29 is 9.53 Å². The number of nitrogens with two attached hydrogens (primary N) is 1. The Hall–Kier alpha value is -3.07. The number of ether oxygens (including phenoxy) is 1. The number of aromatic nitrogens is 2. The molecule has 9 heteroatoms. The fourth-order valence-corrected chi connectivity index (χ4v) is 5.53. The van der Waals surface area contributed by atoms with Gasteiger partial charge in [-0.2, -0.15) is 0 Å². The number of aryl methyl sites for hydroxylation is 1. The van der Waals surface area contributed by atoms with E-state index in [0.29, 0.717) is 18.1 Å². The average Bonchev–Trinajstić information content (AvgIpc) is 3.23. The largest absolute Gasteiger partial charge is 0.447 e. The minimum Gasteiger partial charge on any atom is -0.447 e. The summed E-state index contributed by atoms with van der Waals surface area (Å²) in [6, 6.07) is 5.78. The van der Waals surface area contributed by atoms with Crippen LogP contribution in [0.5, 0.6) is 0 Å². The predicted molar refractivity (Wildman–Crippen MR) is 141 cm³/mol. The standard InChI is InChI=1S/C27H33ClN6O2/c1-17(2)36-27(35)34-11-9-33(10-12-34)26-20-7-6-19(28)14-21(20)22(13-18-5-4-8-31-25(18)26)24(29)23-15-30-16-32(23)3/h4-8,13-17,24-26,31H,9-12,29H2,1-3H3/t24-,25?,26+/m1/s1. The van der Waals surface area contributed by atoms with Gasteiger partial charge in [-0.1, -0.05) is 29.8 Å². The van der Waals surface area contributed by atoms with E-state index >= 15 is 0 Å². The first kappa shape index (κ1) is 24.6. The monoisotopic (exact) mass is 508 g/mol. The van der Waals surface area contributed by atoms with Crippen LogP contribution in [0.2, 0.25) is 5.02 Å². The summed E-state index contributed by atoms with van der Waals surface area (Å²) in [6.45, 7) is 6.44. The molecule has 0 radical (unpaired) electrons. The number of piperazine rings is 1. The van der Waals surface area contributed by atoms with E-state index in [4.69, 9.17) is 22.1 Å². The van der Waals surface area contributed by atoms with Crippen molar-refractivity contribution in [3.05, 3.63) is 82.6 Å². The van der Waals surface area contributed by atoms with Gasteiger partial charge in [0.05, 0.1) is 42.4 Å². The van der Waals surface area contributed by atoms with Crippen LogP contribution in [0.4, 0.5) is 4.79 Å². The minimum atomic E-state index is -0.372. The van der Waals surface area contributed by atoms with Crippen LogP contribution in [-0.4, -0.2) is 63.8 Å². The zero-order chi connectivity index (χ0) is 25.4.